The van der Waals surface area contributed by atoms with Crippen molar-refractivity contribution in [3.05, 3.63) is 48.0 Å². The maximum absolute atomic E-state index is 11.0. The first kappa shape index (κ1) is 13.3. The van der Waals surface area contributed by atoms with Crippen LogP contribution in [0, 0.1) is 0 Å². The van der Waals surface area contributed by atoms with Crippen LogP contribution in [0.15, 0.2) is 46.9 Å². The van der Waals surface area contributed by atoms with Crippen LogP contribution in [0.3, 0.4) is 0 Å². The fourth-order valence-corrected chi connectivity index (χ4v) is 2.27. The number of nitrogens with zero attached hydrogens (tertiary/aromatic N) is 2. The van der Waals surface area contributed by atoms with Crippen LogP contribution < -0.4 is 9.47 Å². The maximum atomic E-state index is 11.0. The molecule has 0 unspecified atom stereocenters. The Kier molecular flexibility index (Phi) is 2.97. The standard InChI is InChI=1S/C16H10N2O5/c19-16(20)11-3-1-2-9(6-11)14-17-18-15(23-14)10-4-5-12-13(7-10)22-8-21-12/h1-7H,8H2,(H,19,20). The van der Waals surface area contributed by atoms with Crippen LogP contribution >= 0.6 is 0 Å². The first-order chi connectivity index (χ1) is 11.2. The van der Waals surface area contributed by atoms with Gasteiger partial charge < -0.3 is 19.0 Å². The number of aromatic nitrogens is 2. The molecule has 0 atom stereocenters. The number of benzene rings is 2. The summed E-state index contributed by atoms with van der Waals surface area (Å²) in [5.41, 5.74) is 1.40. The average Bonchev–Trinajstić information content (AvgIpc) is 3.23. The Balaban J connectivity index is 1.69. The summed E-state index contributed by atoms with van der Waals surface area (Å²) in [5.74, 6) is 0.847. The van der Waals surface area contributed by atoms with Gasteiger partial charge in [-0.3, -0.25) is 0 Å². The van der Waals surface area contributed by atoms with Crippen molar-refractivity contribution in [3.8, 4) is 34.4 Å². The molecule has 7 heteroatoms. The van der Waals surface area contributed by atoms with E-state index >= 15 is 0 Å². The molecule has 2 heterocycles. The van der Waals surface area contributed by atoms with E-state index in [1.54, 1.807) is 30.3 Å². The Morgan fingerprint density at radius 1 is 0.957 bits per heavy atom. The highest BCUT2D eigenvalue weighted by atomic mass is 16.7. The Morgan fingerprint density at radius 2 is 1.70 bits per heavy atom. The van der Waals surface area contributed by atoms with Gasteiger partial charge in [0.05, 0.1) is 5.56 Å². The molecule has 1 aliphatic rings. The third-order valence-corrected chi connectivity index (χ3v) is 3.40. The van der Waals surface area contributed by atoms with Crippen LogP contribution in [0.5, 0.6) is 11.5 Å². The van der Waals surface area contributed by atoms with Crippen LogP contribution in [0.4, 0.5) is 0 Å². The molecule has 3 aromatic rings. The summed E-state index contributed by atoms with van der Waals surface area (Å²) >= 11 is 0. The average molecular weight is 310 g/mol. The summed E-state index contributed by atoms with van der Waals surface area (Å²) in [6, 6.07) is 11.6. The van der Waals surface area contributed by atoms with Gasteiger partial charge in [0.25, 0.3) is 0 Å². The van der Waals surface area contributed by atoms with Crippen LogP contribution in [0.2, 0.25) is 0 Å². The second kappa shape index (κ2) is 5.13. The molecular weight excluding hydrogens is 300 g/mol. The van der Waals surface area contributed by atoms with Gasteiger partial charge in [-0.1, -0.05) is 6.07 Å². The first-order valence-electron chi connectivity index (χ1n) is 6.78. The van der Waals surface area contributed by atoms with Crippen molar-refractivity contribution >= 4 is 5.97 Å². The fourth-order valence-electron chi connectivity index (χ4n) is 2.27. The lowest BCUT2D eigenvalue weighted by Gasteiger charge is -1.99. The molecule has 0 saturated carbocycles. The van der Waals surface area contributed by atoms with Crippen molar-refractivity contribution in [1.82, 2.24) is 10.2 Å². The number of hydrogen-bond acceptors (Lipinski definition) is 6. The van der Waals surface area contributed by atoms with Gasteiger partial charge in [-0.05, 0) is 36.4 Å². The molecule has 1 aromatic heterocycles. The summed E-state index contributed by atoms with van der Waals surface area (Å²) in [5, 5.41) is 17.0. The lowest BCUT2D eigenvalue weighted by Crippen LogP contribution is -1.95. The molecule has 23 heavy (non-hydrogen) atoms. The third-order valence-electron chi connectivity index (χ3n) is 3.40. The van der Waals surface area contributed by atoms with Crippen molar-refractivity contribution < 1.29 is 23.8 Å². The third kappa shape index (κ3) is 2.38. The van der Waals surface area contributed by atoms with Crippen molar-refractivity contribution in [2.75, 3.05) is 6.79 Å². The van der Waals surface area contributed by atoms with E-state index in [2.05, 4.69) is 10.2 Å². The number of rotatable bonds is 3. The summed E-state index contributed by atoms with van der Waals surface area (Å²) < 4.78 is 16.2. The van der Waals surface area contributed by atoms with E-state index in [4.69, 9.17) is 19.0 Å². The van der Waals surface area contributed by atoms with Crippen LogP contribution in [0.1, 0.15) is 10.4 Å². The highest BCUT2D eigenvalue weighted by Crippen LogP contribution is 2.36. The Bertz CT molecular complexity index is 903. The molecule has 7 nitrogen and oxygen atoms in total. The molecule has 114 valence electrons. The van der Waals surface area contributed by atoms with Crippen LogP contribution in [-0.4, -0.2) is 28.1 Å². The topological polar surface area (TPSA) is 94.7 Å². The van der Waals surface area contributed by atoms with Gasteiger partial charge in [0, 0.05) is 11.1 Å². The lowest BCUT2D eigenvalue weighted by molar-refractivity contribution is 0.0697. The SMILES string of the molecule is O=C(O)c1cccc(-c2nnc(-c3ccc4c(c3)OCO4)o2)c1. The van der Waals surface area contributed by atoms with E-state index in [0.29, 0.717) is 28.5 Å². The monoisotopic (exact) mass is 310 g/mol. The van der Waals surface area contributed by atoms with Gasteiger partial charge in [-0.2, -0.15) is 0 Å². The van der Waals surface area contributed by atoms with Gasteiger partial charge in [-0.25, -0.2) is 4.79 Å². The number of carboxylic acids is 1. The molecule has 0 radical (unpaired) electrons. The zero-order chi connectivity index (χ0) is 15.8. The minimum absolute atomic E-state index is 0.158. The second-order valence-corrected chi connectivity index (χ2v) is 4.87. The number of carbonyl (C=O) groups is 1. The number of fused-ring (bicyclic) bond motifs is 1. The zero-order valence-electron chi connectivity index (χ0n) is 11.7. The molecule has 1 N–H and O–H groups in total. The van der Waals surface area contributed by atoms with Gasteiger partial charge in [0.2, 0.25) is 18.6 Å². The minimum Gasteiger partial charge on any atom is -0.478 e. The highest BCUT2D eigenvalue weighted by Gasteiger charge is 2.17. The summed E-state index contributed by atoms with van der Waals surface area (Å²) in [7, 11) is 0. The van der Waals surface area contributed by atoms with E-state index in [1.165, 1.54) is 12.1 Å². The number of hydrogen-bond donors (Lipinski definition) is 1. The molecule has 0 aliphatic carbocycles. The molecule has 1 aliphatic heterocycles. The van der Waals surface area contributed by atoms with Gasteiger partial charge >= 0.3 is 5.97 Å². The highest BCUT2D eigenvalue weighted by molar-refractivity contribution is 5.89. The number of ether oxygens (including phenoxy) is 2. The Labute approximate surface area is 130 Å². The quantitative estimate of drug-likeness (QED) is 0.794. The predicted molar refractivity (Wildman–Crippen MR) is 78.3 cm³/mol. The van der Waals surface area contributed by atoms with Crippen molar-refractivity contribution in [1.29, 1.82) is 0 Å². The van der Waals surface area contributed by atoms with Crippen molar-refractivity contribution in [2.45, 2.75) is 0 Å². The van der Waals surface area contributed by atoms with Crippen molar-refractivity contribution in [3.63, 3.8) is 0 Å². The zero-order valence-corrected chi connectivity index (χ0v) is 11.7. The molecule has 0 spiro atoms. The Morgan fingerprint density at radius 3 is 2.48 bits per heavy atom. The predicted octanol–water partition coefficient (Wildman–Crippen LogP) is 2.83. The first-order valence-corrected chi connectivity index (χ1v) is 6.78. The van der Waals surface area contributed by atoms with E-state index in [-0.39, 0.29) is 18.2 Å². The minimum atomic E-state index is -1.01. The number of aromatic carboxylic acids is 1. The van der Waals surface area contributed by atoms with Crippen LogP contribution in [-0.2, 0) is 0 Å². The molecule has 2 aromatic carbocycles. The molecule has 0 saturated heterocycles. The molecule has 0 amide bonds. The van der Waals surface area contributed by atoms with Gasteiger partial charge in [0.15, 0.2) is 11.5 Å². The summed E-state index contributed by atoms with van der Waals surface area (Å²) in [6.45, 7) is 0.190. The fraction of sp³-hybridized carbons (Fsp3) is 0.0625. The lowest BCUT2D eigenvalue weighted by atomic mass is 10.1. The van der Waals surface area contributed by atoms with E-state index in [9.17, 15) is 4.79 Å². The second-order valence-electron chi connectivity index (χ2n) is 4.87. The Hall–Kier alpha value is -3.35. The molecule has 0 bridgehead atoms. The van der Waals surface area contributed by atoms with E-state index in [0.717, 1.165) is 0 Å². The normalized spacial score (nSPS) is 12.3. The maximum Gasteiger partial charge on any atom is 0.335 e. The van der Waals surface area contributed by atoms with Gasteiger partial charge in [0.1, 0.15) is 0 Å². The molecule has 0 fully saturated rings. The van der Waals surface area contributed by atoms with Crippen LogP contribution in [0.25, 0.3) is 22.9 Å². The smallest absolute Gasteiger partial charge is 0.335 e. The largest absolute Gasteiger partial charge is 0.478 e. The van der Waals surface area contributed by atoms with Crippen molar-refractivity contribution in [2.24, 2.45) is 0 Å². The molecular formula is C16H10N2O5. The van der Waals surface area contributed by atoms with Gasteiger partial charge in [-0.15, -0.1) is 10.2 Å². The van der Waals surface area contributed by atoms with E-state index in [1.807, 2.05) is 0 Å². The molecule has 4 rings (SSSR count). The van der Waals surface area contributed by atoms with E-state index < -0.39 is 5.97 Å². The summed E-state index contributed by atoms with van der Waals surface area (Å²) in [6.07, 6.45) is 0. The number of carboxylic acid groups (broad SMARTS) is 1. The summed E-state index contributed by atoms with van der Waals surface area (Å²) in [4.78, 5) is 11.0.